The molecule has 228 valence electrons. The number of piperazine rings is 1. The molecule has 3 saturated carbocycles. The Bertz CT molecular complexity index is 1310. The molecule has 8 nitrogen and oxygen atoms in total. The van der Waals surface area contributed by atoms with Crippen molar-refractivity contribution in [1.82, 2.24) is 9.80 Å². The predicted molar refractivity (Wildman–Crippen MR) is 161 cm³/mol. The summed E-state index contributed by atoms with van der Waals surface area (Å²) in [5.74, 6) is -0.399. The van der Waals surface area contributed by atoms with Crippen LogP contribution in [0.15, 0.2) is 30.9 Å². The maximum absolute atomic E-state index is 13.9. The van der Waals surface area contributed by atoms with Crippen molar-refractivity contribution in [3.63, 3.8) is 0 Å². The first-order valence-corrected chi connectivity index (χ1v) is 15.8. The lowest BCUT2D eigenvalue weighted by atomic mass is 9.44. The molecule has 0 unspecified atom stereocenters. The number of amides is 2. The molecule has 2 amide bonds. The van der Waals surface area contributed by atoms with Crippen LogP contribution in [0.2, 0.25) is 0 Å². The van der Waals surface area contributed by atoms with Crippen LogP contribution < -0.4 is 4.90 Å². The van der Waals surface area contributed by atoms with Gasteiger partial charge >= 0.3 is 6.09 Å². The van der Waals surface area contributed by atoms with E-state index in [1.54, 1.807) is 6.08 Å². The summed E-state index contributed by atoms with van der Waals surface area (Å²) in [5.41, 5.74) is 0.742. The number of fused-ring (bicyclic) bond motifs is 1. The van der Waals surface area contributed by atoms with Gasteiger partial charge in [0.1, 0.15) is 11.9 Å². The van der Waals surface area contributed by atoms with Gasteiger partial charge in [0.05, 0.1) is 12.6 Å². The number of benzene rings is 1. The molecular weight excluding hydrogens is 530 g/mol. The molecule has 2 heterocycles. The van der Waals surface area contributed by atoms with Crippen LogP contribution in [0.3, 0.4) is 0 Å². The molecular formula is C34H47N3O5. The Morgan fingerprint density at radius 2 is 1.83 bits per heavy atom. The number of Topliss-reactive ketones (excluding diaryl/α,β-unsaturated/α-hetero) is 1. The zero-order valence-corrected chi connectivity index (χ0v) is 25.9. The van der Waals surface area contributed by atoms with Crippen LogP contribution >= 0.6 is 0 Å². The zero-order chi connectivity index (χ0) is 30.2. The van der Waals surface area contributed by atoms with E-state index in [0.29, 0.717) is 18.4 Å². The summed E-state index contributed by atoms with van der Waals surface area (Å²) in [6.07, 6.45) is 3.10. The lowest BCUT2D eigenvalue weighted by Crippen LogP contribution is -2.63. The Hall–Kier alpha value is -2.71. The van der Waals surface area contributed by atoms with Crippen LogP contribution in [-0.4, -0.2) is 78.1 Å². The van der Waals surface area contributed by atoms with Crippen molar-refractivity contribution in [3.05, 3.63) is 42.0 Å². The molecule has 2 bridgehead atoms. The Morgan fingerprint density at radius 3 is 2.52 bits per heavy atom. The van der Waals surface area contributed by atoms with E-state index in [1.165, 1.54) is 4.90 Å². The molecule has 1 N–H and O–H groups in total. The fraction of sp³-hybridized carbons (Fsp3) is 0.676. The average molecular weight is 578 g/mol. The predicted octanol–water partition coefficient (Wildman–Crippen LogP) is 4.89. The van der Waals surface area contributed by atoms with Crippen LogP contribution in [0.1, 0.15) is 75.7 Å². The van der Waals surface area contributed by atoms with E-state index in [-0.39, 0.29) is 41.4 Å². The Balaban J connectivity index is 1.30. The fourth-order valence-electron chi connectivity index (χ4n) is 9.40. The summed E-state index contributed by atoms with van der Waals surface area (Å²) >= 11 is 0. The number of carbonyl (C=O) groups excluding carboxylic acids is 3. The number of hydrogen-bond donors (Lipinski definition) is 1. The third kappa shape index (κ3) is 4.19. The van der Waals surface area contributed by atoms with Crippen molar-refractivity contribution in [2.75, 3.05) is 38.1 Å². The Kier molecular flexibility index (Phi) is 7.12. The summed E-state index contributed by atoms with van der Waals surface area (Å²) in [4.78, 5) is 46.9. The van der Waals surface area contributed by atoms with Gasteiger partial charge in [-0.2, -0.15) is 0 Å². The highest BCUT2D eigenvalue weighted by molar-refractivity contribution is 6.06. The molecule has 2 aliphatic heterocycles. The van der Waals surface area contributed by atoms with Gasteiger partial charge in [-0.25, -0.2) is 9.69 Å². The largest absolute Gasteiger partial charge is 0.445 e. The van der Waals surface area contributed by atoms with Gasteiger partial charge in [0.25, 0.3) is 5.91 Å². The summed E-state index contributed by atoms with van der Waals surface area (Å²) in [6.45, 7) is 16.4. The van der Waals surface area contributed by atoms with Crippen LogP contribution in [0, 0.1) is 34.0 Å². The first kappa shape index (κ1) is 29.4. The number of aliphatic hydroxyl groups is 1. The number of nitrogens with zero attached hydrogens (tertiary/aromatic N) is 3. The number of anilines is 1. The van der Waals surface area contributed by atoms with E-state index >= 15 is 0 Å². The summed E-state index contributed by atoms with van der Waals surface area (Å²) in [6, 6.07) is 5.83. The fourth-order valence-corrected chi connectivity index (χ4v) is 9.40. The van der Waals surface area contributed by atoms with E-state index in [2.05, 4.69) is 44.2 Å². The quantitative estimate of drug-likeness (QED) is 0.512. The highest BCUT2D eigenvalue weighted by Gasteiger charge is 2.68. The zero-order valence-electron chi connectivity index (χ0n) is 25.9. The third-order valence-electron chi connectivity index (χ3n) is 12.5. The van der Waals surface area contributed by atoms with Gasteiger partial charge in [-0.1, -0.05) is 33.8 Å². The third-order valence-corrected chi connectivity index (χ3v) is 12.5. The topological polar surface area (TPSA) is 90.4 Å². The highest BCUT2D eigenvalue weighted by atomic mass is 16.6. The second-order valence-corrected chi connectivity index (χ2v) is 14.5. The highest BCUT2D eigenvalue weighted by Crippen LogP contribution is 2.68. The second-order valence-electron chi connectivity index (χ2n) is 14.5. The van der Waals surface area contributed by atoms with E-state index in [9.17, 15) is 19.5 Å². The minimum Gasteiger partial charge on any atom is -0.445 e. The van der Waals surface area contributed by atoms with Crippen molar-refractivity contribution in [1.29, 1.82) is 0 Å². The lowest BCUT2D eigenvalue weighted by Gasteiger charge is -2.61. The van der Waals surface area contributed by atoms with Gasteiger partial charge in [-0.15, -0.1) is 6.58 Å². The van der Waals surface area contributed by atoms with Crippen molar-refractivity contribution in [3.8, 4) is 0 Å². The monoisotopic (exact) mass is 577 g/mol. The molecule has 0 radical (unpaired) electrons. The Morgan fingerprint density at radius 1 is 1.12 bits per heavy atom. The number of ether oxygens (including phenoxy) is 1. The van der Waals surface area contributed by atoms with Crippen LogP contribution in [0.4, 0.5) is 10.5 Å². The minimum absolute atomic E-state index is 0.0930. The second kappa shape index (κ2) is 10.2. The maximum atomic E-state index is 13.9. The molecule has 1 saturated heterocycles. The number of imide groups is 1. The van der Waals surface area contributed by atoms with Crippen molar-refractivity contribution in [2.45, 2.75) is 78.6 Å². The summed E-state index contributed by atoms with van der Waals surface area (Å²) in [5, 5.41) is 11.8. The van der Waals surface area contributed by atoms with Gasteiger partial charge in [-0.3, -0.25) is 9.59 Å². The number of likely N-dealkylation sites (N-methyl/N-ethyl adjacent to an activating group) is 1. The minimum atomic E-state index is -0.728. The molecule has 8 atom stereocenters. The molecule has 4 fully saturated rings. The van der Waals surface area contributed by atoms with Gasteiger partial charge in [0, 0.05) is 60.6 Å². The van der Waals surface area contributed by atoms with Gasteiger partial charge < -0.3 is 19.6 Å². The molecule has 5 aliphatic rings. The molecule has 42 heavy (non-hydrogen) atoms. The number of aliphatic hydroxyl groups excluding tert-OH is 1. The van der Waals surface area contributed by atoms with Crippen LogP contribution in [0.25, 0.3) is 0 Å². The SMILES string of the molecule is C=C[C@]1(C)C[C@@H](OC(=O)N2Cc3cc(N4CCN(C)CC4)ccc3C2=O)[C@]2(C)[C@H](C)CC[C@]3(CCC(=O)[C@H]32)[C@@H](C)[C@@H]1O. The lowest BCUT2D eigenvalue weighted by molar-refractivity contribution is -0.192. The molecule has 1 aromatic carbocycles. The molecule has 1 aromatic rings. The molecule has 8 heteroatoms. The molecule has 6 rings (SSSR count). The van der Waals surface area contributed by atoms with E-state index in [4.69, 9.17) is 4.74 Å². The number of hydrogen-bond acceptors (Lipinski definition) is 7. The summed E-state index contributed by atoms with van der Waals surface area (Å²) < 4.78 is 6.40. The Labute approximate surface area is 250 Å². The number of carbonyl (C=O) groups is 3. The van der Waals surface area contributed by atoms with Crippen molar-refractivity contribution >= 4 is 23.5 Å². The molecule has 0 aromatic heterocycles. The number of ketones is 1. The standard InChI is InChI=1S/C34H47N3O5/c1-7-32(4)19-27(33(5)21(2)10-12-34(22(3)29(32)39)13-11-26(38)28(33)34)42-31(41)37-20-23-18-24(8-9-25(23)30(37)40)36-16-14-35(6)15-17-36/h7-9,18,21-22,27-29,39H,1,10-17,19-20H2,2-6H3/t21-,22+,27-,28+,29+,32-,33+,34+/m1/s1. The first-order valence-electron chi connectivity index (χ1n) is 15.8. The normalized spacial score (nSPS) is 40.3. The van der Waals surface area contributed by atoms with Gasteiger partial charge in [0.2, 0.25) is 0 Å². The van der Waals surface area contributed by atoms with Gasteiger partial charge in [0.15, 0.2) is 0 Å². The van der Waals surface area contributed by atoms with Gasteiger partial charge in [-0.05, 0) is 73.7 Å². The average Bonchev–Trinajstić information content (AvgIpc) is 3.51. The van der Waals surface area contributed by atoms with E-state index < -0.39 is 29.1 Å². The maximum Gasteiger partial charge on any atom is 0.417 e. The van der Waals surface area contributed by atoms with Crippen LogP contribution in [-0.2, 0) is 16.1 Å². The first-order chi connectivity index (χ1) is 19.9. The summed E-state index contributed by atoms with van der Waals surface area (Å²) in [7, 11) is 2.12. The molecule has 0 spiro atoms. The van der Waals surface area contributed by atoms with Crippen LogP contribution in [0.5, 0.6) is 0 Å². The van der Waals surface area contributed by atoms with Crippen molar-refractivity contribution in [2.24, 2.45) is 34.0 Å². The number of rotatable bonds is 3. The smallest absolute Gasteiger partial charge is 0.417 e. The molecule has 3 aliphatic carbocycles. The van der Waals surface area contributed by atoms with E-state index in [0.717, 1.165) is 56.7 Å². The van der Waals surface area contributed by atoms with Crippen molar-refractivity contribution < 1.29 is 24.2 Å². The van der Waals surface area contributed by atoms with E-state index in [1.807, 2.05) is 25.1 Å².